The van der Waals surface area contributed by atoms with E-state index in [1.54, 1.807) is 9.80 Å². The highest BCUT2D eigenvalue weighted by molar-refractivity contribution is 6.02. The molecule has 0 aromatic heterocycles. The molecule has 2 aliphatic carbocycles. The van der Waals surface area contributed by atoms with Gasteiger partial charge in [-0.25, -0.2) is 8.78 Å². The third-order valence-electron chi connectivity index (χ3n) is 5.97. The van der Waals surface area contributed by atoms with Crippen molar-refractivity contribution in [2.75, 3.05) is 26.2 Å². The van der Waals surface area contributed by atoms with Gasteiger partial charge in [0, 0.05) is 26.1 Å². The van der Waals surface area contributed by atoms with Crippen molar-refractivity contribution in [3.63, 3.8) is 0 Å². The Hall–Kier alpha value is -2.52. The van der Waals surface area contributed by atoms with Crippen molar-refractivity contribution >= 4 is 24.2 Å². The number of hydrogen-bond acceptors (Lipinski definition) is 4. The molecule has 4 rings (SSSR count). The van der Waals surface area contributed by atoms with Crippen molar-refractivity contribution in [2.24, 2.45) is 0 Å². The van der Waals surface area contributed by atoms with E-state index < -0.39 is 23.5 Å². The number of alkyl halides is 2. The molecule has 30 heavy (non-hydrogen) atoms. The molecule has 2 saturated heterocycles. The van der Waals surface area contributed by atoms with Gasteiger partial charge in [0.25, 0.3) is 12.4 Å². The fraction of sp³-hybridized carbons (Fsp3) is 0.700. The van der Waals surface area contributed by atoms with Crippen LogP contribution in [0.25, 0.3) is 0 Å². The predicted octanol–water partition coefficient (Wildman–Crippen LogP) is 1.50. The van der Waals surface area contributed by atoms with E-state index in [2.05, 4.69) is 6.58 Å². The quantitative estimate of drug-likeness (QED) is 0.542. The van der Waals surface area contributed by atoms with Crippen LogP contribution in [0.4, 0.5) is 8.78 Å². The number of rotatable bonds is 3. The smallest absolute Gasteiger partial charge is 0.290 e. The molecule has 0 aromatic carbocycles. The first-order valence-electron chi connectivity index (χ1n) is 10.2. The van der Waals surface area contributed by atoms with E-state index in [1.807, 2.05) is 13.8 Å². The van der Waals surface area contributed by atoms with Gasteiger partial charge in [0.1, 0.15) is 11.1 Å². The molecule has 0 radical (unpaired) electrons. The summed E-state index contributed by atoms with van der Waals surface area (Å²) in [4.78, 5) is 50.6. The Morgan fingerprint density at radius 3 is 2.03 bits per heavy atom. The first-order valence-corrected chi connectivity index (χ1v) is 10.2. The molecule has 2 aliphatic heterocycles. The van der Waals surface area contributed by atoms with Crippen LogP contribution in [0.3, 0.4) is 0 Å². The lowest BCUT2D eigenvalue weighted by atomic mass is 10.0. The highest BCUT2D eigenvalue weighted by Crippen LogP contribution is 2.52. The maximum atomic E-state index is 13.5. The van der Waals surface area contributed by atoms with Gasteiger partial charge < -0.3 is 19.8 Å². The molecule has 0 aromatic rings. The molecule has 3 amide bonds. The zero-order chi connectivity index (χ0) is 22.7. The average Bonchev–Trinajstić information content (AvgIpc) is 3.64. The van der Waals surface area contributed by atoms with E-state index in [4.69, 9.17) is 9.90 Å². The molecule has 1 spiro atoms. The molecule has 2 saturated carbocycles. The number of likely N-dealkylation sites (tertiary alicyclic amines) is 1. The number of amides is 3. The summed E-state index contributed by atoms with van der Waals surface area (Å²) >= 11 is 0. The fourth-order valence-electron chi connectivity index (χ4n) is 4.25. The average molecular weight is 429 g/mol. The van der Waals surface area contributed by atoms with Crippen LogP contribution in [-0.4, -0.2) is 87.2 Å². The topological polar surface area (TPSA) is 98.2 Å². The van der Waals surface area contributed by atoms with Crippen LogP contribution in [0.2, 0.25) is 0 Å². The van der Waals surface area contributed by atoms with Crippen molar-refractivity contribution in [1.29, 1.82) is 0 Å². The molecule has 10 heteroatoms. The summed E-state index contributed by atoms with van der Waals surface area (Å²) in [6, 6.07) is 0. The van der Waals surface area contributed by atoms with Gasteiger partial charge in [-0.05, 0) is 31.8 Å². The van der Waals surface area contributed by atoms with Gasteiger partial charge >= 0.3 is 0 Å². The lowest BCUT2D eigenvalue weighted by Crippen LogP contribution is -2.65. The first kappa shape index (κ1) is 23.8. The van der Waals surface area contributed by atoms with E-state index in [9.17, 15) is 23.2 Å². The van der Waals surface area contributed by atoms with Crippen molar-refractivity contribution < 1.29 is 33.1 Å². The Morgan fingerprint density at radius 2 is 1.63 bits per heavy atom. The van der Waals surface area contributed by atoms with Crippen LogP contribution in [0.15, 0.2) is 12.7 Å². The second-order valence-corrected chi connectivity index (χ2v) is 7.65. The summed E-state index contributed by atoms with van der Waals surface area (Å²) in [5.74, 6) is -3.70. The molecular formula is C20H29F2N3O5. The summed E-state index contributed by atoms with van der Waals surface area (Å²) in [6.07, 6.45) is 3.04. The van der Waals surface area contributed by atoms with Crippen LogP contribution >= 0.6 is 0 Å². The van der Waals surface area contributed by atoms with Gasteiger partial charge in [-0.3, -0.25) is 19.2 Å². The molecular weight excluding hydrogens is 400 g/mol. The molecule has 1 N–H and O–H groups in total. The Balaban J connectivity index is 0.000000590. The first-order chi connectivity index (χ1) is 14.2. The summed E-state index contributed by atoms with van der Waals surface area (Å²) in [5.41, 5.74) is -1.83. The molecule has 0 bridgehead atoms. The molecule has 8 nitrogen and oxygen atoms in total. The minimum Gasteiger partial charge on any atom is -0.483 e. The lowest BCUT2D eigenvalue weighted by Gasteiger charge is -2.44. The van der Waals surface area contributed by atoms with E-state index in [0.717, 1.165) is 0 Å². The molecule has 4 fully saturated rings. The molecule has 2 heterocycles. The van der Waals surface area contributed by atoms with E-state index in [-0.39, 0.29) is 43.7 Å². The number of carbonyl (C=O) groups excluding carboxylic acids is 3. The second-order valence-electron chi connectivity index (χ2n) is 7.65. The van der Waals surface area contributed by atoms with Gasteiger partial charge in [0.2, 0.25) is 17.7 Å². The minimum absolute atomic E-state index is 0.0296. The number of hydrogen-bond donors (Lipinski definition) is 1. The third-order valence-corrected chi connectivity index (χ3v) is 5.97. The normalized spacial score (nSPS) is 24.1. The van der Waals surface area contributed by atoms with Crippen molar-refractivity contribution in [2.45, 2.75) is 63.0 Å². The van der Waals surface area contributed by atoms with Gasteiger partial charge in [-0.2, -0.15) is 0 Å². The van der Waals surface area contributed by atoms with E-state index in [0.29, 0.717) is 32.2 Å². The van der Waals surface area contributed by atoms with Gasteiger partial charge in [0.15, 0.2) is 0 Å². The van der Waals surface area contributed by atoms with Crippen molar-refractivity contribution in [3.05, 3.63) is 12.7 Å². The number of halogens is 2. The predicted molar refractivity (Wildman–Crippen MR) is 104 cm³/mol. The number of piperazine rings is 1. The Morgan fingerprint density at radius 1 is 1.07 bits per heavy atom. The van der Waals surface area contributed by atoms with E-state index in [1.165, 1.54) is 11.0 Å². The fourth-order valence-corrected chi connectivity index (χ4v) is 4.25. The standard InChI is InChI=1S/C17H21F2N3O3.C2H6.CH2O2/c1-2-12(23)21-9-10-22(14(25)16(21)5-6-16)15(3-4-15)13(24)20-8-7-17(18,19)11-20;1-2;2-1-3/h2H,1,3-11H2;1-2H3;1H,(H,2,3). The lowest BCUT2D eigenvalue weighted by molar-refractivity contribution is -0.160. The number of carboxylic acid groups (broad SMARTS) is 1. The molecule has 0 atom stereocenters. The van der Waals surface area contributed by atoms with Crippen molar-refractivity contribution in [1.82, 2.24) is 14.7 Å². The summed E-state index contributed by atoms with van der Waals surface area (Å²) in [7, 11) is 0. The maximum absolute atomic E-state index is 13.5. The molecule has 4 aliphatic rings. The monoisotopic (exact) mass is 429 g/mol. The van der Waals surface area contributed by atoms with Crippen LogP contribution in [0, 0.1) is 0 Å². The van der Waals surface area contributed by atoms with Crippen LogP contribution in [0.1, 0.15) is 46.0 Å². The van der Waals surface area contributed by atoms with Crippen LogP contribution in [-0.2, 0) is 19.2 Å². The zero-order valence-electron chi connectivity index (χ0n) is 17.4. The van der Waals surface area contributed by atoms with Gasteiger partial charge in [-0.15, -0.1) is 0 Å². The van der Waals surface area contributed by atoms with Crippen molar-refractivity contribution in [3.8, 4) is 0 Å². The summed E-state index contributed by atoms with van der Waals surface area (Å²) < 4.78 is 26.9. The van der Waals surface area contributed by atoms with Crippen LogP contribution in [0.5, 0.6) is 0 Å². The molecule has 0 unspecified atom stereocenters. The summed E-state index contributed by atoms with van der Waals surface area (Å²) in [5, 5.41) is 6.89. The second kappa shape index (κ2) is 8.69. The zero-order valence-corrected chi connectivity index (χ0v) is 17.4. The van der Waals surface area contributed by atoms with Gasteiger partial charge in [-0.1, -0.05) is 20.4 Å². The highest BCUT2D eigenvalue weighted by Gasteiger charge is 2.67. The SMILES string of the molecule is C=CC(=O)N1CCN(C2(C(=O)N3CCC(F)(F)C3)CC2)C(=O)C12CC2.CC.O=CO. The van der Waals surface area contributed by atoms with Crippen LogP contribution < -0.4 is 0 Å². The number of nitrogens with zero attached hydrogens (tertiary/aromatic N) is 3. The summed E-state index contributed by atoms with van der Waals surface area (Å²) in [6.45, 7) is 7.30. The Labute approximate surface area is 174 Å². The number of carbonyl (C=O) groups is 4. The minimum atomic E-state index is -2.84. The maximum Gasteiger partial charge on any atom is 0.290 e. The van der Waals surface area contributed by atoms with Gasteiger partial charge in [0.05, 0.1) is 6.54 Å². The Bertz CT molecular complexity index is 719. The highest BCUT2D eigenvalue weighted by atomic mass is 19.3. The Kier molecular flexibility index (Phi) is 6.88. The largest absolute Gasteiger partial charge is 0.483 e. The van der Waals surface area contributed by atoms with E-state index >= 15 is 0 Å². The third kappa shape index (κ3) is 4.04. The molecule has 168 valence electrons.